The van der Waals surface area contributed by atoms with Gasteiger partial charge in [0.15, 0.2) is 11.5 Å². The number of nitrogens with zero attached hydrogens (tertiary/aromatic N) is 2. The summed E-state index contributed by atoms with van der Waals surface area (Å²) in [6, 6.07) is 12.2. The summed E-state index contributed by atoms with van der Waals surface area (Å²) in [5.41, 5.74) is 1.58. The molecule has 0 fully saturated rings. The number of sulfonamides is 1. The topological polar surface area (TPSA) is 76.2 Å². The Morgan fingerprint density at radius 3 is 2.59 bits per heavy atom. The van der Waals surface area contributed by atoms with Crippen LogP contribution in [0.25, 0.3) is 0 Å². The summed E-state index contributed by atoms with van der Waals surface area (Å²) < 4.78 is 38.5. The highest BCUT2D eigenvalue weighted by atomic mass is 32.2. The van der Waals surface area contributed by atoms with Gasteiger partial charge in [-0.1, -0.05) is 26.0 Å². The number of hydrogen-bond acceptors (Lipinski definition) is 5. The third kappa shape index (κ3) is 3.47. The summed E-state index contributed by atoms with van der Waals surface area (Å²) in [5, 5.41) is 0. The quantitative estimate of drug-likeness (QED) is 0.748. The molecule has 0 radical (unpaired) electrons. The lowest BCUT2D eigenvalue weighted by Crippen LogP contribution is -2.46. The van der Waals surface area contributed by atoms with Crippen molar-refractivity contribution in [3.8, 4) is 11.5 Å². The molecule has 7 nitrogen and oxygen atoms in total. The van der Waals surface area contributed by atoms with Gasteiger partial charge in [0, 0.05) is 25.3 Å². The molecule has 0 saturated heterocycles. The Bertz CT molecular complexity index is 1030. The molecule has 154 valence electrons. The van der Waals surface area contributed by atoms with E-state index in [0.29, 0.717) is 37.6 Å². The van der Waals surface area contributed by atoms with Gasteiger partial charge >= 0.3 is 0 Å². The molecule has 2 aromatic carbocycles. The lowest BCUT2D eigenvalue weighted by atomic mass is 10.2. The third-order valence-electron chi connectivity index (χ3n) is 5.34. The van der Waals surface area contributed by atoms with Crippen molar-refractivity contribution < 1.29 is 22.7 Å². The number of carbonyl (C=O) groups is 1. The molecule has 0 bridgehead atoms. The molecule has 1 amide bonds. The largest absolute Gasteiger partial charge is 0.485 e. The van der Waals surface area contributed by atoms with E-state index in [2.05, 4.69) is 0 Å². The number of benzene rings is 2. The van der Waals surface area contributed by atoms with Gasteiger partial charge in [0.25, 0.3) is 5.91 Å². The van der Waals surface area contributed by atoms with Crippen molar-refractivity contribution in [3.63, 3.8) is 0 Å². The molecular formula is C21H24N2O5S. The SMILES string of the molecule is CCN(CC)S(=O)(=O)c1ccc2c(c1)CCN2C(=O)C1COc2ccccc2O1. The van der Waals surface area contributed by atoms with E-state index in [1.54, 1.807) is 35.2 Å². The van der Waals surface area contributed by atoms with Crippen LogP contribution in [0, 0.1) is 0 Å². The van der Waals surface area contributed by atoms with E-state index >= 15 is 0 Å². The molecular weight excluding hydrogens is 392 g/mol. The smallest absolute Gasteiger partial charge is 0.271 e. The maximum Gasteiger partial charge on any atom is 0.271 e. The van der Waals surface area contributed by atoms with Gasteiger partial charge in [0.05, 0.1) is 4.90 Å². The number of fused-ring (bicyclic) bond motifs is 2. The highest BCUT2D eigenvalue weighted by Crippen LogP contribution is 2.34. The van der Waals surface area contributed by atoms with Crippen LogP contribution in [-0.4, -0.2) is 51.0 Å². The first-order chi connectivity index (χ1) is 14.0. The van der Waals surface area contributed by atoms with Crippen LogP contribution in [0.15, 0.2) is 47.4 Å². The third-order valence-corrected chi connectivity index (χ3v) is 7.39. The molecule has 2 heterocycles. The second-order valence-corrected chi connectivity index (χ2v) is 8.92. The molecule has 2 aliphatic heterocycles. The van der Waals surface area contributed by atoms with Crippen LogP contribution in [0.1, 0.15) is 19.4 Å². The molecule has 1 unspecified atom stereocenters. The Balaban J connectivity index is 1.56. The first-order valence-corrected chi connectivity index (χ1v) is 11.2. The van der Waals surface area contributed by atoms with Crippen LogP contribution < -0.4 is 14.4 Å². The van der Waals surface area contributed by atoms with Crippen molar-refractivity contribution in [2.24, 2.45) is 0 Å². The summed E-state index contributed by atoms with van der Waals surface area (Å²) in [4.78, 5) is 15.0. The van der Waals surface area contributed by atoms with Crippen molar-refractivity contribution in [3.05, 3.63) is 48.0 Å². The zero-order chi connectivity index (χ0) is 20.6. The van der Waals surface area contributed by atoms with E-state index in [1.165, 1.54) is 4.31 Å². The van der Waals surface area contributed by atoms with E-state index in [-0.39, 0.29) is 17.4 Å². The standard InChI is InChI=1S/C21H24N2O5S/c1-3-22(4-2)29(25,26)16-9-10-17-15(13-16)11-12-23(17)21(24)20-14-27-18-7-5-6-8-19(18)28-20/h5-10,13,20H,3-4,11-12,14H2,1-2H3. The Kier molecular flexibility index (Phi) is 5.23. The van der Waals surface area contributed by atoms with E-state index in [9.17, 15) is 13.2 Å². The minimum absolute atomic E-state index is 0.149. The molecule has 1 atom stereocenters. The first kappa shape index (κ1) is 19.7. The number of para-hydroxylation sites is 2. The summed E-state index contributed by atoms with van der Waals surface area (Å²) in [7, 11) is -3.53. The maximum absolute atomic E-state index is 13.1. The Morgan fingerprint density at radius 1 is 1.14 bits per heavy atom. The Morgan fingerprint density at radius 2 is 1.86 bits per heavy atom. The summed E-state index contributed by atoms with van der Waals surface area (Å²) >= 11 is 0. The molecule has 0 N–H and O–H groups in total. The summed E-state index contributed by atoms with van der Waals surface area (Å²) in [6.45, 7) is 5.11. The Labute approximate surface area is 170 Å². The van der Waals surface area contributed by atoms with Crippen molar-refractivity contribution in [1.29, 1.82) is 0 Å². The van der Waals surface area contributed by atoms with Crippen LogP contribution in [-0.2, 0) is 21.2 Å². The highest BCUT2D eigenvalue weighted by molar-refractivity contribution is 7.89. The van der Waals surface area contributed by atoms with Crippen molar-refractivity contribution in [2.45, 2.75) is 31.3 Å². The van der Waals surface area contributed by atoms with E-state index in [1.807, 2.05) is 26.0 Å². The zero-order valence-electron chi connectivity index (χ0n) is 16.5. The zero-order valence-corrected chi connectivity index (χ0v) is 17.3. The fraction of sp³-hybridized carbons (Fsp3) is 0.381. The molecule has 8 heteroatoms. The average molecular weight is 416 g/mol. The van der Waals surface area contributed by atoms with E-state index in [4.69, 9.17) is 9.47 Å². The van der Waals surface area contributed by atoms with Gasteiger partial charge in [-0.05, 0) is 42.3 Å². The second kappa shape index (κ2) is 7.68. The number of carbonyl (C=O) groups excluding carboxylic acids is 1. The van der Waals surface area contributed by atoms with E-state index < -0.39 is 16.1 Å². The fourth-order valence-electron chi connectivity index (χ4n) is 3.80. The van der Waals surface area contributed by atoms with Crippen LogP contribution in [0.2, 0.25) is 0 Å². The van der Waals surface area contributed by atoms with Crippen LogP contribution in [0.4, 0.5) is 5.69 Å². The maximum atomic E-state index is 13.1. The van der Waals surface area contributed by atoms with Crippen LogP contribution in [0.3, 0.4) is 0 Å². The summed E-state index contributed by atoms with van der Waals surface area (Å²) in [6.07, 6.45) is -0.123. The monoisotopic (exact) mass is 416 g/mol. The average Bonchev–Trinajstić information content (AvgIpc) is 3.17. The Hall–Kier alpha value is -2.58. The normalized spacial score (nSPS) is 18.0. The van der Waals surface area contributed by atoms with Gasteiger partial charge < -0.3 is 14.4 Å². The van der Waals surface area contributed by atoms with Gasteiger partial charge in [-0.2, -0.15) is 4.31 Å². The lowest BCUT2D eigenvalue weighted by molar-refractivity contribution is -0.127. The molecule has 0 saturated carbocycles. The number of anilines is 1. The minimum Gasteiger partial charge on any atom is -0.485 e. The predicted octanol–water partition coefficient (Wildman–Crippen LogP) is 2.45. The van der Waals surface area contributed by atoms with Gasteiger partial charge in [-0.25, -0.2) is 8.42 Å². The molecule has 2 aliphatic rings. The summed E-state index contributed by atoms with van der Waals surface area (Å²) in [5.74, 6) is 0.999. The van der Waals surface area contributed by atoms with Crippen molar-refractivity contribution in [1.82, 2.24) is 4.31 Å². The molecule has 0 spiro atoms. The first-order valence-electron chi connectivity index (χ1n) is 9.78. The lowest BCUT2D eigenvalue weighted by Gasteiger charge is -2.29. The van der Waals surface area contributed by atoms with Gasteiger partial charge in [-0.3, -0.25) is 4.79 Å². The number of ether oxygens (including phenoxy) is 2. The predicted molar refractivity (Wildman–Crippen MR) is 109 cm³/mol. The van der Waals surface area contributed by atoms with Crippen LogP contribution >= 0.6 is 0 Å². The number of hydrogen-bond donors (Lipinski definition) is 0. The second-order valence-electron chi connectivity index (χ2n) is 6.98. The van der Waals surface area contributed by atoms with Crippen molar-refractivity contribution in [2.75, 3.05) is 31.1 Å². The van der Waals surface area contributed by atoms with Gasteiger partial charge in [-0.15, -0.1) is 0 Å². The molecule has 0 aliphatic carbocycles. The highest BCUT2D eigenvalue weighted by Gasteiger charge is 2.35. The number of amides is 1. The van der Waals surface area contributed by atoms with Crippen LogP contribution in [0.5, 0.6) is 11.5 Å². The molecule has 29 heavy (non-hydrogen) atoms. The molecule has 4 rings (SSSR count). The number of rotatable bonds is 5. The van der Waals surface area contributed by atoms with Crippen molar-refractivity contribution >= 4 is 21.6 Å². The van der Waals surface area contributed by atoms with E-state index in [0.717, 1.165) is 11.3 Å². The minimum atomic E-state index is -3.53. The fourth-order valence-corrected chi connectivity index (χ4v) is 5.30. The molecule has 0 aromatic heterocycles. The van der Waals surface area contributed by atoms with Gasteiger partial charge in [0.1, 0.15) is 6.61 Å². The van der Waals surface area contributed by atoms with Gasteiger partial charge in [0.2, 0.25) is 16.1 Å². The molecule has 2 aromatic rings.